The molecular formula is C15H24O6. The monoisotopic (exact) mass is 300 g/mol. The Balaban J connectivity index is 3.18. The molecular weight excluding hydrogens is 276 g/mol. The molecule has 1 unspecified atom stereocenters. The van der Waals surface area contributed by atoms with E-state index in [9.17, 15) is 14.4 Å². The fourth-order valence-electron chi connectivity index (χ4n) is 2.83. The zero-order valence-corrected chi connectivity index (χ0v) is 13.0. The third-order valence-corrected chi connectivity index (χ3v) is 3.76. The van der Waals surface area contributed by atoms with Gasteiger partial charge in [0, 0.05) is 0 Å². The van der Waals surface area contributed by atoms with E-state index in [1.54, 1.807) is 20.8 Å². The Morgan fingerprint density at radius 2 is 1.43 bits per heavy atom. The van der Waals surface area contributed by atoms with Crippen molar-refractivity contribution in [2.24, 2.45) is 11.3 Å². The first-order chi connectivity index (χ1) is 10.0. The molecule has 120 valence electrons. The largest absolute Gasteiger partial charge is 0.466 e. The summed E-state index contributed by atoms with van der Waals surface area (Å²) in [5.74, 6) is -2.72. The Labute approximate surface area is 125 Å². The summed E-state index contributed by atoms with van der Waals surface area (Å²) >= 11 is 0. The lowest BCUT2D eigenvalue weighted by molar-refractivity contribution is -0.187. The lowest BCUT2D eigenvalue weighted by Gasteiger charge is -2.38. The van der Waals surface area contributed by atoms with Gasteiger partial charge in [0.05, 0.1) is 25.7 Å². The van der Waals surface area contributed by atoms with Crippen LogP contribution in [0.1, 0.15) is 46.5 Å². The van der Waals surface area contributed by atoms with Crippen molar-refractivity contribution >= 4 is 17.9 Å². The molecule has 0 aliphatic heterocycles. The lowest BCUT2D eigenvalue weighted by Crippen LogP contribution is -2.52. The van der Waals surface area contributed by atoms with Gasteiger partial charge in [0.2, 0.25) is 0 Å². The number of rotatable bonds is 6. The summed E-state index contributed by atoms with van der Waals surface area (Å²) in [5, 5.41) is 0. The Morgan fingerprint density at radius 3 is 1.90 bits per heavy atom. The summed E-state index contributed by atoms with van der Waals surface area (Å²) in [6.07, 6.45) is 2.13. The van der Waals surface area contributed by atoms with Gasteiger partial charge in [-0.15, -0.1) is 0 Å². The summed E-state index contributed by atoms with van der Waals surface area (Å²) in [5.41, 5.74) is -1.56. The van der Waals surface area contributed by atoms with Gasteiger partial charge in [0.15, 0.2) is 5.41 Å². The van der Waals surface area contributed by atoms with E-state index < -0.39 is 29.2 Å². The third-order valence-electron chi connectivity index (χ3n) is 3.76. The molecule has 1 saturated carbocycles. The van der Waals surface area contributed by atoms with Crippen LogP contribution in [-0.2, 0) is 28.6 Å². The van der Waals surface area contributed by atoms with Crippen molar-refractivity contribution in [1.82, 2.24) is 0 Å². The van der Waals surface area contributed by atoms with Gasteiger partial charge in [-0.1, -0.05) is 12.8 Å². The molecule has 1 aliphatic rings. The number of esters is 3. The van der Waals surface area contributed by atoms with Crippen LogP contribution in [0.15, 0.2) is 0 Å². The minimum Gasteiger partial charge on any atom is -0.466 e. The van der Waals surface area contributed by atoms with Gasteiger partial charge in [0.1, 0.15) is 0 Å². The summed E-state index contributed by atoms with van der Waals surface area (Å²) in [6.45, 7) is 5.52. The molecule has 0 N–H and O–H groups in total. The maximum atomic E-state index is 12.4. The van der Waals surface area contributed by atoms with Crippen LogP contribution in [0.25, 0.3) is 0 Å². The molecule has 0 heterocycles. The van der Waals surface area contributed by atoms with Crippen LogP contribution < -0.4 is 0 Å². The number of hydrogen-bond acceptors (Lipinski definition) is 6. The van der Waals surface area contributed by atoms with E-state index >= 15 is 0 Å². The molecule has 0 aromatic carbocycles. The maximum absolute atomic E-state index is 12.4. The highest BCUT2D eigenvalue weighted by atomic mass is 16.6. The highest BCUT2D eigenvalue weighted by Gasteiger charge is 2.59. The highest BCUT2D eigenvalue weighted by molar-refractivity contribution is 6.04. The van der Waals surface area contributed by atoms with Crippen LogP contribution in [0.2, 0.25) is 0 Å². The van der Waals surface area contributed by atoms with E-state index in [2.05, 4.69) is 0 Å². The van der Waals surface area contributed by atoms with Crippen LogP contribution in [0.4, 0.5) is 0 Å². The number of ether oxygens (including phenoxy) is 3. The first kappa shape index (κ1) is 17.5. The summed E-state index contributed by atoms with van der Waals surface area (Å²) in [6, 6.07) is 0. The Hall–Kier alpha value is -1.59. The van der Waals surface area contributed by atoms with E-state index in [0.29, 0.717) is 12.8 Å². The number of hydrogen-bond donors (Lipinski definition) is 0. The van der Waals surface area contributed by atoms with Crippen molar-refractivity contribution in [3.8, 4) is 0 Å². The van der Waals surface area contributed by atoms with Gasteiger partial charge < -0.3 is 14.2 Å². The smallest absolute Gasteiger partial charge is 0.324 e. The van der Waals surface area contributed by atoms with Crippen LogP contribution in [-0.4, -0.2) is 37.7 Å². The van der Waals surface area contributed by atoms with Gasteiger partial charge in [-0.2, -0.15) is 0 Å². The zero-order chi connectivity index (χ0) is 15.9. The second-order valence-corrected chi connectivity index (χ2v) is 4.96. The number of carbonyl (C=O) groups is 3. The van der Waals surface area contributed by atoms with Crippen molar-refractivity contribution in [3.05, 3.63) is 0 Å². The van der Waals surface area contributed by atoms with Crippen molar-refractivity contribution in [1.29, 1.82) is 0 Å². The van der Waals surface area contributed by atoms with Gasteiger partial charge >= 0.3 is 17.9 Å². The van der Waals surface area contributed by atoms with Gasteiger partial charge in [-0.3, -0.25) is 14.4 Å². The Bertz CT molecular complexity index is 372. The minimum atomic E-state index is -1.56. The standard InChI is InChI=1S/C15H24O6/c1-4-19-12(16)11-9-7-8-10-15(11,13(17)20-5-2)14(18)21-6-3/h11H,4-10H2,1-3H3. The molecule has 0 aromatic rings. The summed E-state index contributed by atoms with van der Waals surface area (Å²) < 4.78 is 15.2. The average molecular weight is 300 g/mol. The topological polar surface area (TPSA) is 78.9 Å². The van der Waals surface area contributed by atoms with Crippen LogP contribution in [0.5, 0.6) is 0 Å². The van der Waals surface area contributed by atoms with E-state index in [4.69, 9.17) is 14.2 Å². The van der Waals surface area contributed by atoms with Crippen LogP contribution in [0, 0.1) is 11.3 Å². The molecule has 1 fully saturated rings. The van der Waals surface area contributed by atoms with E-state index in [0.717, 1.165) is 6.42 Å². The van der Waals surface area contributed by atoms with Crippen molar-refractivity contribution in [3.63, 3.8) is 0 Å². The second kappa shape index (κ2) is 8.00. The summed E-state index contributed by atoms with van der Waals surface area (Å²) in [7, 11) is 0. The highest BCUT2D eigenvalue weighted by Crippen LogP contribution is 2.44. The lowest BCUT2D eigenvalue weighted by atomic mass is 9.66. The average Bonchev–Trinajstić information content (AvgIpc) is 2.47. The fraction of sp³-hybridized carbons (Fsp3) is 0.800. The van der Waals surface area contributed by atoms with Crippen LogP contribution >= 0.6 is 0 Å². The molecule has 1 atom stereocenters. The predicted molar refractivity (Wildman–Crippen MR) is 74.3 cm³/mol. The van der Waals surface area contributed by atoms with Crippen molar-refractivity contribution in [2.45, 2.75) is 46.5 Å². The third kappa shape index (κ3) is 3.54. The summed E-state index contributed by atoms with van der Waals surface area (Å²) in [4.78, 5) is 37.0. The van der Waals surface area contributed by atoms with Gasteiger partial charge in [-0.25, -0.2) is 0 Å². The first-order valence-corrected chi connectivity index (χ1v) is 7.55. The first-order valence-electron chi connectivity index (χ1n) is 7.55. The molecule has 1 rings (SSSR count). The molecule has 0 spiro atoms. The SMILES string of the molecule is CCOC(=O)C1CCCCC1(C(=O)OCC)C(=O)OCC. The normalized spacial score (nSPS) is 20.4. The molecule has 6 nitrogen and oxygen atoms in total. The van der Waals surface area contributed by atoms with Crippen molar-refractivity contribution < 1.29 is 28.6 Å². The molecule has 6 heteroatoms. The van der Waals surface area contributed by atoms with Gasteiger partial charge in [0.25, 0.3) is 0 Å². The van der Waals surface area contributed by atoms with E-state index in [1.165, 1.54) is 0 Å². The Kier molecular flexibility index (Phi) is 6.65. The van der Waals surface area contributed by atoms with E-state index in [1.807, 2.05) is 0 Å². The Morgan fingerprint density at radius 1 is 0.905 bits per heavy atom. The molecule has 0 saturated heterocycles. The number of carbonyl (C=O) groups excluding carboxylic acids is 3. The predicted octanol–water partition coefficient (Wildman–Crippen LogP) is 1.85. The molecule has 21 heavy (non-hydrogen) atoms. The maximum Gasteiger partial charge on any atom is 0.324 e. The second-order valence-electron chi connectivity index (χ2n) is 4.96. The quantitative estimate of drug-likeness (QED) is 0.423. The van der Waals surface area contributed by atoms with E-state index in [-0.39, 0.29) is 26.2 Å². The van der Waals surface area contributed by atoms with Crippen molar-refractivity contribution in [2.75, 3.05) is 19.8 Å². The molecule has 0 radical (unpaired) electrons. The van der Waals surface area contributed by atoms with Gasteiger partial charge in [-0.05, 0) is 33.6 Å². The minimum absolute atomic E-state index is 0.148. The zero-order valence-electron chi connectivity index (χ0n) is 13.0. The molecule has 1 aliphatic carbocycles. The fourth-order valence-corrected chi connectivity index (χ4v) is 2.83. The van der Waals surface area contributed by atoms with Crippen LogP contribution in [0.3, 0.4) is 0 Å². The molecule has 0 aromatic heterocycles. The molecule has 0 amide bonds. The molecule has 0 bridgehead atoms.